The highest BCUT2D eigenvalue weighted by molar-refractivity contribution is 7.92. The summed E-state index contributed by atoms with van der Waals surface area (Å²) in [6.07, 6.45) is 1.22. The zero-order chi connectivity index (χ0) is 17.7. The monoisotopic (exact) mass is 357 g/mol. The highest BCUT2D eigenvalue weighted by Crippen LogP contribution is 2.20. The smallest absolute Gasteiger partial charge is 0.260 e. The molecule has 0 spiro atoms. The topological polar surface area (TPSA) is 63.7 Å². The minimum Gasteiger partial charge on any atom is -0.481 e. The van der Waals surface area contributed by atoms with Crippen LogP contribution in [-0.2, 0) is 14.6 Å². The molecule has 0 N–H and O–H groups in total. The van der Waals surface area contributed by atoms with Crippen molar-refractivity contribution in [1.82, 2.24) is 4.90 Å². The molecule has 1 atom stereocenters. The number of para-hydroxylation sites is 1. The van der Waals surface area contributed by atoms with Gasteiger partial charge in [-0.3, -0.25) is 4.79 Å². The van der Waals surface area contributed by atoms with Gasteiger partial charge in [0.15, 0.2) is 28.0 Å². The fourth-order valence-corrected chi connectivity index (χ4v) is 4.99. The zero-order valence-electron chi connectivity index (χ0n) is 14.1. The minimum atomic E-state index is -3.22. The van der Waals surface area contributed by atoms with Crippen molar-refractivity contribution in [3.63, 3.8) is 0 Å². The van der Waals surface area contributed by atoms with Gasteiger partial charge in [0.25, 0.3) is 5.91 Å². The molecule has 1 amide bonds. The van der Waals surface area contributed by atoms with Gasteiger partial charge >= 0.3 is 0 Å². The van der Waals surface area contributed by atoms with Crippen LogP contribution in [0.3, 0.4) is 0 Å². The van der Waals surface area contributed by atoms with E-state index in [-0.39, 0.29) is 36.5 Å². The molecule has 0 aromatic heterocycles. The van der Waals surface area contributed by atoms with E-state index in [0.717, 1.165) is 0 Å². The highest BCUT2D eigenvalue weighted by atomic mass is 32.2. The van der Waals surface area contributed by atoms with Crippen molar-refractivity contribution < 1.29 is 22.3 Å². The molecular formula is C17H24FNO4S. The van der Waals surface area contributed by atoms with E-state index >= 15 is 0 Å². The SMILES string of the molecule is CC(C)CS(=O)(=O)C1CCCN(C(=O)COc2ccccc2F)C1. The summed E-state index contributed by atoms with van der Waals surface area (Å²) < 4.78 is 43.5. The quantitative estimate of drug-likeness (QED) is 0.783. The lowest BCUT2D eigenvalue weighted by atomic mass is 10.1. The van der Waals surface area contributed by atoms with E-state index in [1.165, 1.54) is 17.0 Å². The lowest BCUT2D eigenvalue weighted by Crippen LogP contribution is -2.47. The number of piperidine rings is 1. The summed E-state index contributed by atoms with van der Waals surface area (Å²) >= 11 is 0. The molecule has 24 heavy (non-hydrogen) atoms. The Kier molecular flexibility index (Phi) is 6.21. The number of amides is 1. The number of halogens is 1. The predicted octanol–water partition coefficient (Wildman–Crippen LogP) is 2.27. The maximum atomic E-state index is 13.5. The summed E-state index contributed by atoms with van der Waals surface area (Å²) in [5, 5.41) is -0.522. The van der Waals surface area contributed by atoms with Crippen molar-refractivity contribution in [2.45, 2.75) is 31.9 Å². The second-order valence-corrected chi connectivity index (χ2v) is 8.87. The number of nitrogens with zero attached hydrogens (tertiary/aromatic N) is 1. The minimum absolute atomic E-state index is 0.0202. The first-order valence-corrected chi connectivity index (χ1v) is 9.88. The zero-order valence-corrected chi connectivity index (χ0v) is 14.9. The van der Waals surface area contributed by atoms with E-state index in [1.807, 2.05) is 13.8 Å². The molecule has 134 valence electrons. The van der Waals surface area contributed by atoms with E-state index in [1.54, 1.807) is 12.1 Å². The third kappa shape index (κ3) is 4.93. The summed E-state index contributed by atoms with van der Waals surface area (Å²) in [6, 6.07) is 5.88. The highest BCUT2D eigenvalue weighted by Gasteiger charge is 2.33. The summed E-state index contributed by atoms with van der Waals surface area (Å²) in [7, 11) is -3.22. The number of ether oxygens (including phenoxy) is 1. The molecule has 1 heterocycles. The second kappa shape index (κ2) is 7.96. The van der Waals surface area contributed by atoms with Gasteiger partial charge in [0.05, 0.1) is 11.0 Å². The predicted molar refractivity (Wildman–Crippen MR) is 90.1 cm³/mol. The molecule has 5 nitrogen and oxygen atoms in total. The fourth-order valence-electron chi connectivity index (χ4n) is 2.85. The third-order valence-corrected chi connectivity index (χ3v) is 6.52. The Morgan fingerprint density at radius 2 is 2.08 bits per heavy atom. The molecule has 0 bridgehead atoms. The molecule has 1 saturated heterocycles. The largest absolute Gasteiger partial charge is 0.481 e. The number of carbonyl (C=O) groups excluding carboxylic acids is 1. The van der Waals surface area contributed by atoms with Gasteiger partial charge in [-0.15, -0.1) is 0 Å². The van der Waals surface area contributed by atoms with Gasteiger partial charge < -0.3 is 9.64 Å². The van der Waals surface area contributed by atoms with Gasteiger partial charge in [0, 0.05) is 13.1 Å². The molecule has 1 aliphatic rings. The van der Waals surface area contributed by atoms with Crippen LogP contribution in [0.5, 0.6) is 5.75 Å². The molecule has 7 heteroatoms. The normalized spacial score (nSPS) is 18.7. The Labute approximate surface area is 142 Å². The van der Waals surface area contributed by atoms with Crippen LogP contribution < -0.4 is 4.74 Å². The number of likely N-dealkylation sites (tertiary alicyclic amines) is 1. The van der Waals surface area contributed by atoms with Gasteiger partial charge in [-0.2, -0.15) is 0 Å². The van der Waals surface area contributed by atoms with Crippen molar-refractivity contribution >= 4 is 15.7 Å². The van der Waals surface area contributed by atoms with E-state index < -0.39 is 20.9 Å². The van der Waals surface area contributed by atoms with Crippen LogP contribution in [0.4, 0.5) is 4.39 Å². The Hall–Kier alpha value is -1.63. The Bertz CT molecular complexity index is 675. The number of benzene rings is 1. The van der Waals surface area contributed by atoms with E-state index in [2.05, 4.69) is 0 Å². The molecule has 0 saturated carbocycles. The summed E-state index contributed by atoms with van der Waals surface area (Å²) in [5.74, 6) is -0.632. The van der Waals surface area contributed by atoms with Crippen molar-refractivity contribution in [1.29, 1.82) is 0 Å². The molecule has 0 aliphatic carbocycles. The van der Waals surface area contributed by atoms with Crippen LogP contribution in [-0.4, -0.2) is 49.9 Å². The number of hydrogen-bond donors (Lipinski definition) is 0. The molecule has 1 unspecified atom stereocenters. The molecule has 0 radical (unpaired) electrons. The molecule has 2 rings (SSSR count). The summed E-state index contributed by atoms with van der Waals surface area (Å²) in [5.41, 5.74) is 0. The van der Waals surface area contributed by atoms with E-state index in [0.29, 0.717) is 19.4 Å². The van der Waals surface area contributed by atoms with Crippen molar-refractivity contribution in [2.75, 3.05) is 25.4 Å². The van der Waals surface area contributed by atoms with Crippen LogP contribution in [0, 0.1) is 11.7 Å². The maximum Gasteiger partial charge on any atom is 0.260 e. The summed E-state index contributed by atoms with van der Waals surface area (Å²) in [6.45, 7) is 4.14. The molecular weight excluding hydrogens is 333 g/mol. The Morgan fingerprint density at radius 1 is 1.38 bits per heavy atom. The average molecular weight is 357 g/mol. The van der Waals surface area contributed by atoms with E-state index in [9.17, 15) is 17.6 Å². The molecule has 1 aliphatic heterocycles. The lowest BCUT2D eigenvalue weighted by molar-refractivity contribution is -0.134. The van der Waals surface area contributed by atoms with Gasteiger partial charge in [-0.1, -0.05) is 26.0 Å². The molecule has 1 aromatic rings. The Morgan fingerprint density at radius 3 is 2.75 bits per heavy atom. The number of sulfone groups is 1. The van der Waals surface area contributed by atoms with Gasteiger partial charge in [0.2, 0.25) is 0 Å². The van der Waals surface area contributed by atoms with E-state index in [4.69, 9.17) is 4.74 Å². The first kappa shape index (κ1) is 18.7. The number of rotatable bonds is 6. The van der Waals surface area contributed by atoms with Crippen LogP contribution in [0.2, 0.25) is 0 Å². The number of carbonyl (C=O) groups is 1. The standard InChI is InChI=1S/C17H24FNO4S/c1-13(2)12-24(21,22)14-6-5-9-19(10-14)17(20)11-23-16-8-4-3-7-15(16)18/h3-4,7-8,13-14H,5-6,9-12H2,1-2H3. The third-order valence-electron chi connectivity index (χ3n) is 3.99. The van der Waals surface area contributed by atoms with Gasteiger partial charge in [0.1, 0.15) is 0 Å². The summed E-state index contributed by atoms with van der Waals surface area (Å²) in [4.78, 5) is 13.8. The Balaban J connectivity index is 1.94. The van der Waals surface area contributed by atoms with Crippen LogP contribution >= 0.6 is 0 Å². The van der Waals surface area contributed by atoms with Crippen LogP contribution in [0.25, 0.3) is 0 Å². The van der Waals surface area contributed by atoms with Gasteiger partial charge in [-0.25, -0.2) is 12.8 Å². The fraction of sp³-hybridized carbons (Fsp3) is 0.588. The van der Waals surface area contributed by atoms with Crippen molar-refractivity contribution in [2.24, 2.45) is 5.92 Å². The van der Waals surface area contributed by atoms with Crippen LogP contribution in [0.15, 0.2) is 24.3 Å². The van der Waals surface area contributed by atoms with Crippen LogP contribution in [0.1, 0.15) is 26.7 Å². The molecule has 1 fully saturated rings. The second-order valence-electron chi connectivity index (χ2n) is 6.55. The van der Waals surface area contributed by atoms with Crippen molar-refractivity contribution in [3.8, 4) is 5.75 Å². The van der Waals surface area contributed by atoms with Gasteiger partial charge in [-0.05, 0) is 30.9 Å². The maximum absolute atomic E-state index is 13.5. The lowest BCUT2D eigenvalue weighted by Gasteiger charge is -2.32. The first-order valence-electron chi connectivity index (χ1n) is 8.16. The van der Waals surface area contributed by atoms with Crippen molar-refractivity contribution in [3.05, 3.63) is 30.1 Å². The number of hydrogen-bond acceptors (Lipinski definition) is 4. The average Bonchev–Trinajstić information content (AvgIpc) is 2.53. The first-order chi connectivity index (χ1) is 11.3. The molecule has 1 aromatic carbocycles.